The minimum atomic E-state index is 0.707. The second kappa shape index (κ2) is 5.86. The van der Waals surface area contributed by atoms with Crippen molar-refractivity contribution in [2.75, 3.05) is 18.5 Å². The van der Waals surface area contributed by atoms with Gasteiger partial charge in [-0.3, -0.25) is 0 Å². The average Bonchev–Trinajstić information content (AvgIpc) is 2.81. The second-order valence-electron chi connectivity index (χ2n) is 4.74. The molecule has 0 unspecified atom stereocenters. The van der Waals surface area contributed by atoms with Gasteiger partial charge in [0.05, 0.1) is 31.8 Å². The van der Waals surface area contributed by atoms with E-state index >= 15 is 0 Å². The Morgan fingerprint density at radius 3 is 2.95 bits per heavy atom. The number of hydrogen-bond donors (Lipinski definition) is 1. The van der Waals surface area contributed by atoms with Gasteiger partial charge in [0.2, 0.25) is 0 Å². The maximum absolute atomic E-state index is 5.69. The molecule has 0 radical (unpaired) electrons. The summed E-state index contributed by atoms with van der Waals surface area (Å²) < 4.78 is 13.4. The van der Waals surface area contributed by atoms with Gasteiger partial charge in [-0.15, -0.1) is 0 Å². The first-order valence-corrected chi connectivity index (χ1v) is 6.99. The van der Waals surface area contributed by atoms with E-state index in [4.69, 9.17) is 9.47 Å². The molecule has 3 rings (SSSR count). The van der Waals surface area contributed by atoms with Gasteiger partial charge < -0.3 is 19.4 Å². The predicted octanol–water partition coefficient (Wildman–Crippen LogP) is 2.68. The Labute approximate surface area is 118 Å². The second-order valence-corrected chi connectivity index (χ2v) is 4.74. The largest absolute Gasteiger partial charge is 0.490 e. The molecule has 0 amide bonds. The van der Waals surface area contributed by atoms with Crippen LogP contribution < -0.4 is 14.8 Å². The van der Waals surface area contributed by atoms with E-state index in [1.807, 2.05) is 30.7 Å². The monoisotopic (exact) mass is 273 g/mol. The van der Waals surface area contributed by atoms with Crippen LogP contribution in [0, 0.1) is 0 Å². The number of rotatable bonds is 4. The number of ether oxygens (including phenoxy) is 2. The lowest BCUT2D eigenvalue weighted by Gasteiger charge is -2.11. The zero-order chi connectivity index (χ0) is 13.8. The van der Waals surface area contributed by atoms with Crippen molar-refractivity contribution in [3.63, 3.8) is 0 Å². The van der Waals surface area contributed by atoms with E-state index in [1.54, 1.807) is 0 Å². The highest BCUT2D eigenvalue weighted by Crippen LogP contribution is 2.32. The molecule has 1 aliphatic heterocycles. The van der Waals surface area contributed by atoms with Gasteiger partial charge in [-0.2, -0.15) is 0 Å². The number of nitrogens with zero attached hydrogens (tertiary/aromatic N) is 2. The minimum Gasteiger partial charge on any atom is -0.490 e. The van der Waals surface area contributed by atoms with Gasteiger partial charge in [0, 0.05) is 30.9 Å². The molecule has 5 nitrogen and oxygen atoms in total. The average molecular weight is 273 g/mol. The summed E-state index contributed by atoms with van der Waals surface area (Å²) in [4.78, 5) is 4.17. The van der Waals surface area contributed by atoms with Crippen LogP contribution in [0.1, 0.15) is 19.0 Å². The zero-order valence-electron chi connectivity index (χ0n) is 11.6. The fraction of sp³-hybridized carbons (Fsp3) is 0.400. The highest BCUT2D eigenvalue weighted by molar-refractivity contribution is 5.55. The normalized spacial score (nSPS) is 13.8. The molecule has 1 aliphatic rings. The van der Waals surface area contributed by atoms with Crippen molar-refractivity contribution in [3.05, 3.63) is 36.4 Å². The molecule has 1 aromatic carbocycles. The number of fused-ring (bicyclic) bond motifs is 1. The van der Waals surface area contributed by atoms with E-state index in [2.05, 4.69) is 21.8 Å². The fourth-order valence-corrected chi connectivity index (χ4v) is 2.25. The third-order valence-electron chi connectivity index (χ3n) is 3.36. The lowest BCUT2D eigenvalue weighted by Crippen LogP contribution is -2.06. The Bertz CT molecular complexity index is 580. The summed E-state index contributed by atoms with van der Waals surface area (Å²) in [7, 11) is 0. The van der Waals surface area contributed by atoms with Crippen LogP contribution in [-0.4, -0.2) is 22.8 Å². The Hall–Kier alpha value is -2.17. The molecule has 0 saturated heterocycles. The van der Waals surface area contributed by atoms with E-state index in [0.717, 1.165) is 43.3 Å². The van der Waals surface area contributed by atoms with Crippen molar-refractivity contribution in [2.45, 2.75) is 26.4 Å². The van der Waals surface area contributed by atoms with E-state index < -0.39 is 0 Å². The Balaban J connectivity index is 1.70. The number of imidazole rings is 1. The Morgan fingerprint density at radius 2 is 2.10 bits per heavy atom. The van der Waals surface area contributed by atoms with E-state index in [-0.39, 0.29) is 0 Å². The molecule has 2 heterocycles. The molecule has 1 aromatic heterocycles. The van der Waals surface area contributed by atoms with Crippen LogP contribution in [0.5, 0.6) is 11.5 Å². The van der Waals surface area contributed by atoms with Crippen molar-refractivity contribution in [1.82, 2.24) is 9.55 Å². The Kier molecular flexibility index (Phi) is 3.76. The van der Waals surface area contributed by atoms with Crippen molar-refractivity contribution < 1.29 is 9.47 Å². The first kappa shape index (κ1) is 12.8. The molecule has 0 atom stereocenters. The molecule has 0 saturated carbocycles. The maximum atomic E-state index is 5.69. The van der Waals surface area contributed by atoms with Gasteiger partial charge in [0.1, 0.15) is 0 Å². The maximum Gasteiger partial charge on any atom is 0.163 e. The molecule has 20 heavy (non-hydrogen) atoms. The van der Waals surface area contributed by atoms with Gasteiger partial charge in [-0.05, 0) is 19.1 Å². The Morgan fingerprint density at radius 1 is 1.25 bits per heavy atom. The van der Waals surface area contributed by atoms with Crippen LogP contribution in [0.2, 0.25) is 0 Å². The summed E-state index contributed by atoms with van der Waals surface area (Å²) in [6, 6.07) is 5.97. The predicted molar refractivity (Wildman–Crippen MR) is 77.3 cm³/mol. The van der Waals surface area contributed by atoms with Gasteiger partial charge in [0.15, 0.2) is 11.5 Å². The lowest BCUT2D eigenvalue weighted by atomic mass is 10.2. The summed E-state index contributed by atoms with van der Waals surface area (Å²) in [5.74, 6) is 1.64. The van der Waals surface area contributed by atoms with Crippen LogP contribution in [-0.2, 0) is 13.1 Å². The molecule has 0 bridgehead atoms. The van der Waals surface area contributed by atoms with Gasteiger partial charge >= 0.3 is 0 Å². The van der Waals surface area contributed by atoms with Crippen LogP contribution in [0.4, 0.5) is 5.69 Å². The summed E-state index contributed by atoms with van der Waals surface area (Å²) in [6.07, 6.45) is 4.66. The van der Waals surface area contributed by atoms with Crippen LogP contribution in [0.25, 0.3) is 0 Å². The summed E-state index contributed by atoms with van der Waals surface area (Å²) >= 11 is 0. The number of aromatic nitrogens is 2. The van der Waals surface area contributed by atoms with E-state index in [0.29, 0.717) is 6.61 Å². The van der Waals surface area contributed by atoms with Gasteiger partial charge in [-0.25, -0.2) is 4.98 Å². The lowest BCUT2D eigenvalue weighted by molar-refractivity contribution is 0.297. The zero-order valence-corrected chi connectivity index (χ0v) is 11.6. The third-order valence-corrected chi connectivity index (χ3v) is 3.36. The topological polar surface area (TPSA) is 48.3 Å². The minimum absolute atomic E-state index is 0.707. The van der Waals surface area contributed by atoms with Crippen LogP contribution in [0.15, 0.2) is 30.7 Å². The number of hydrogen-bond acceptors (Lipinski definition) is 4. The number of aryl methyl sites for hydroxylation is 1. The molecule has 0 fully saturated rings. The molecule has 5 heteroatoms. The molecule has 0 aliphatic carbocycles. The van der Waals surface area contributed by atoms with E-state index in [9.17, 15) is 0 Å². The smallest absolute Gasteiger partial charge is 0.163 e. The quantitative estimate of drug-likeness (QED) is 0.930. The molecule has 106 valence electrons. The number of benzene rings is 1. The van der Waals surface area contributed by atoms with Crippen molar-refractivity contribution in [2.24, 2.45) is 0 Å². The highest BCUT2D eigenvalue weighted by atomic mass is 16.5. The van der Waals surface area contributed by atoms with E-state index in [1.165, 1.54) is 5.69 Å². The number of nitrogens with one attached hydrogen (secondary N) is 1. The summed E-state index contributed by atoms with van der Waals surface area (Å²) in [5.41, 5.74) is 2.19. The summed E-state index contributed by atoms with van der Waals surface area (Å²) in [6.45, 7) is 5.21. The SMILES string of the molecule is CCn1cncc1CNc1ccc2c(c1)OCCCO2. The summed E-state index contributed by atoms with van der Waals surface area (Å²) in [5, 5.41) is 3.40. The van der Waals surface area contributed by atoms with Crippen LogP contribution in [0.3, 0.4) is 0 Å². The first-order chi connectivity index (χ1) is 9.86. The first-order valence-electron chi connectivity index (χ1n) is 6.99. The standard InChI is InChI=1S/C15H19N3O2/c1-2-18-11-16-9-13(18)10-17-12-4-5-14-15(8-12)20-7-3-6-19-14/h4-5,8-9,11,17H,2-3,6-7,10H2,1H3. The van der Waals surface area contributed by atoms with Crippen molar-refractivity contribution >= 4 is 5.69 Å². The molecule has 0 spiro atoms. The van der Waals surface area contributed by atoms with Gasteiger partial charge in [0.25, 0.3) is 0 Å². The molecule has 2 aromatic rings. The molecular formula is C15H19N3O2. The number of anilines is 1. The van der Waals surface area contributed by atoms with Crippen molar-refractivity contribution in [1.29, 1.82) is 0 Å². The highest BCUT2D eigenvalue weighted by Gasteiger charge is 2.10. The molecule has 1 N–H and O–H groups in total. The van der Waals surface area contributed by atoms with Crippen LogP contribution >= 0.6 is 0 Å². The molecular weight excluding hydrogens is 254 g/mol. The van der Waals surface area contributed by atoms with Crippen molar-refractivity contribution in [3.8, 4) is 11.5 Å². The van der Waals surface area contributed by atoms with Gasteiger partial charge in [-0.1, -0.05) is 0 Å². The fourth-order valence-electron chi connectivity index (χ4n) is 2.25. The third kappa shape index (κ3) is 2.71.